The van der Waals surface area contributed by atoms with Crippen molar-refractivity contribution in [2.75, 3.05) is 0 Å². The van der Waals surface area contributed by atoms with E-state index in [4.69, 9.17) is 0 Å². The van der Waals surface area contributed by atoms with E-state index >= 15 is 0 Å². The Bertz CT molecular complexity index is 597. The lowest BCUT2D eigenvalue weighted by Gasteiger charge is -2.21. The van der Waals surface area contributed by atoms with Crippen LogP contribution in [-0.4, -0.2) is 0 Å². The van der Waals surface area contributed by atoms with Crippen LogP contribution in [0.1, 0.15) is 42.6 Å². The molecule has 3 heteroatoms. The van der Waals surface area contributed by atoms with E-state index < -0.39 is 0 Å². The Morgan fingerprint density at radius 1 is 1.00 bits per heavy atom. The highest BCUT2D eigenvalue weighted by atomic mass is 79.9. The monoisotopic (exact) mass is 335 g/mol. The first-order valence-corrected chi connectivity index (χ1v) is 7.54. The molecular weight excluding hydrogens is 317 g/mol. The van der Waals surface area contributed by atoms with Crippen molar-refractivity contribution in [1.29, 1.82) is 0 Å². The molecule has 106 valence electrons. The number of hydrogen-bond donors (Lipinski definition) is 1. The largest absolute Gasteiger partial charge is 0.304 e. The van der Waals surface area contributed by atoms with Crippen molar-refractivity contribution in [2.45, 2.75) is 32.9 Å². The number of hydrogen-bond acceptors (Lipinski definition) is 1. The summed E-state index contributed by atoms with van der Waals surface area (Å²) in [5, 5.41) is 3.54. The molecule has 0 bridgehead atoms. The van der Waals surface area contributed by atoms with Crippen LogP contribution < -0.4 is 5.32 Å². The minimum Gasteiger partial charge on any atom is -0.304 e. The van der Waals surface area contributed by atoms with Crippen LogP contribution in [-0.2, 0) is 0 Å². The van der Waals surface area contributed by atoms with Gasteiger partial charge < -0.3 is 5.32 Å². The molecule has 0 aromatic heterocycles. The summed E-state index contributed by atoms with van der Waals surface area (Å²) in [6, 6.07) is 14.0. The molecule has 2 atom stereocenters. The second kappa shape index (κ2) is 6.51. The molecule has 2 aromatic rings. The Morgan fingerprint density at radius 2 is 1.65 bits per heavy atom. The van der Waals surface area contributed by atoms with Crippen LogP contribution in [0.3, 0.4) is 0 Å². The van der Waals surface area contributed by atoms with Crippen LogP contribution in [0.4, 0.5) is 4.39 Å². The fraction of sp³-hybridized carbons (Fsp3) is 0.294. The van der Waals surface area contributed by atoms with Crippen LogP contribution in [0.2, 0.25) is 0 Å². The molecule has 1 unspecified atom stereocenters. The van der Waals surface area contributed by atoms with Crippen molar-refractivity contribution in [2.24, 2.45) is 0 Å². The van der Waals surface area contributed by atoms with Gasteiger partial charge in [-0.1, -0.05) is 35.9 Å². The van der Waals surface area contributed by atoms with Crippen LogP contribution in [0, 0.1) is 12.7 Å². The zero-order valence-electron chi connectivity index (χ0n) is 12.0. The summed E-state index contributed by atoms with van der Waals surface area (Å²) < 4.78 is 13.8. The highest BCUT2D eigenvalue weighted by molar-refractivity contribution is 9.10. The first kappa shape index (κ1) is 15.2. The van der Waals surface area contributed by atoms with E-state index in [-0.39, 0.29) is 17.9 Å². The van der Waals surface area contributed by atoms with E-state index in [1.165, 1.54) is 17.2 Å². The van der Waals surface area contributed by atoms with Gasteiger partial charge in [0.25, 0.3) is 0 Å². The van der Waals surface area contributed by atoms with Gasteiger partial charge in [-0.2, -0.15) is 0 Å². The van der Waals surface area contributed by atoms with Gasteiger partial charge in [0.15, 0.2) is 0 Å². The summed E-state index contributed by atoms with van der Waals surface area (Å²) >= 11 is 3.23. The van der Waals surface area contributed by atoms with Crippen molar-refractivity contribution in [3.8, 4) is 0 Å². The molecule has 0 aliphatic heterocycles. The van der Waals surface area contributed by atoms with Crippen molar-refractivity contribution < 1.29 is 4.39 Å². The Balaban J connectivity index is 2.10. The van der Waals surface area contributed by atoms with Crippen molar-refractivity contribution >= 4 is 15.9 Å². The van der Waals surface area contributed by atoms with E-state index in [0.717, 1.165) is 5.56 Å². The average molecular weight is 336 g/mol. The topological polar surface area (TPSA) is 12.0 Å². The number of benzene rings is 2. The minimum absolute atomic E-state index is 0.155. The van der Waals surface area contributed by atoms with Crippen LogP contribution in [0.15, 0.2) is 46.9 Å². The third-order valence-electron chi connectivity index (χ3n) is 3.49. The standard InChI is InChI=1S/C17H19BrFN/c1-11-5-4-6-14(9-11)12(2)20-13(3)15-7-8-17(19)16(18)10-15/h4-10,12-13,20H,1-3H3/t12-,13?/m0/s1. The molecule has 2 aromatic carbocycles. The van der Waals surface area contributed by atoms with Gasteiger partial charge in [0.05, 0.1) is 4.47 Å². The van der Waals surface area contributed by atoms with Crippen molar-refractivity contribution in [3.63, 3.8) is 0 Å². The lowest BCUT2D eigenvalue weighted by Crippen LogP contribution is -2.22. The molecule has 0 radical (unpaired) electrons. The summed E-state index contributed by atoms with van der Waals surface area (Å²) in [6.07, 6.45) is 0. The Kier molecular flexibility index (Phi) is 4.95. The third-order valence-corrected chi connectivity index (χ3v) is 4.09. The van der Waals surface area contributed by atoms with E-state index in [9.17, 15) is 4.39 Å². The van der Waals surface area contributed by atoms with Gasteiger partial charge in [0.1, 0.15) is 5.82 Å². The highest BCUT2D eigenvalue weighted by Gasteiger charge is 2.12. The lowest BCUT2D eigenvalue weighted by atomic mass is 10.0. The van der Waals surface area contributed by atoms with E-state index in [1.54, 1.807) is 0 Å². The van der Waals surface area contributed by atoms with Crippen molar-refractivity contribution in [1.82, 2.24) is 5.32 Å². The minimum atomic E-state index is -0.229. The molecule has 0 amide bonds. The van der Waals surface area contributed by atoms with Crippen LogP contribution >= 0.6 is 15.9 Å². The molecule has 0 spiro atoms. The fourth-order valence-corrected chi connectivity index (χ4v) is 2.69. The maximum atomic E-state index is 13.3. The SMILES string of the molecule is Cc1cccc([C@H](C)NC(C)c2ccc(F)c(Br)c2)c1. The molecule has 2 rings (SSSR count). The Hall–Kier alpha value is -1.19. The number of aryl methyl sites for hydroxylation is 1. The van der Waals surface area contributed by atoms with E-state index in [0.29, 0.717) is 4.47 Å². The molecule has 0 saturated carbocycles. The average Bonchev–Trinajstić information content (AvgIpc) is 2.41. The molecule has 0 heterocycles. The predicted octanol–water partition coefficient (Wildman–Crippen LogP) is 5.31. The van der Waals surface area contributed by atoms with Gasteiger partial charge in [-0.05, 0) is 60.0 Å². The number of nitrogens with one attached hydrogen (secondary N) is 1. The maximum absolute atomic E-state index is 13.3. The first-order chi connectivity index (χ1) is 9.47. The number of rotatable bonds is 4. The van der Waals surface area contributed by atoms with E-state index in [1.807, 2.05) is 12.1 Å². The molecule has 0 saturated heterocycles. The van der Waals surface area contributed by atoms with Gasteiger partial charge >= 0.3 is 0 Å². The summed E-state index contributed by atoms with van der Waals surface area (Å²) in [6.45, 7) is 6.33. The summed E-state index contributed by atoms with van der Waals surface area (Å²) in [5.41, 5.74) is 3.59. The molecule has 0 aliphatic rings. The first-order valence-electron chi connectivity index (χ1n) is 6.75. The maximum Gasteiger partial charge on any atom is 0.137 e. The zero-order chi connectivity index (χ0) is 14.7. The Labute approximate surface area is 128 Å². The zero-order valence-corrected chi connectivity index (χ0v) is 13.5. The second-order valence-corrected chi connectivity index (χ2v) is 6.05. The van der Waals surface area contributed by atoms with Gasteiger partial charge in [-0.3, -0.25) is 0 Å². The quantitative estimate of drug-likeness (QED) is 0.798. The van der Waals surface area contributed by atoms with Crippen LogP contribution in [0.5, 0.6) is 0 Å². The molecule has 0 aliphatic carbocycles. The van der Waals surface area contributed by atoms with Gasteiger partial charge in [0.2, 0.25) is 0 Å². The second-order valence-electron chi connectivity index (χ2n) is 5.20. The summed E-state index contributed by atoms with van der Waals surface area (Å²) in [4.78, 5) is 0. The molecule has 1 nitrogen and oxygen atoms in total. The third kappa shape index (κ3) is 3.68. The fourth-order valence-electron chi connectivity index (χ4n) is 2.29. The van der Waals surface area contributed by atoms with Gasteiger partial charge in [-0.15, -0.1) is 0 Å². The summed E-state index contributed by atoms with van der Waals surface area (Å²) in [7, 11) is 0. The van der Waals surface area contributed by atoms with Gasteiger partial charge in [-0.25, -0.2) is 4.39 Å². The molecular formula is C17H19BrFN. The van der Waals surface area contributed by atoms with Crippen LogP contribution in [0.25, 0.3) is 0 Å². The lowest BCUT2D eigenvalue weighted by molar-refractivity contribution is 0.493. The normalized spacial score (nSPS) is 14.1. The summed E-state index contributed by atoms with van der Waals surface area (Å²) in [5.74, 6) is -0.229. The van der Waals surface area contributed by atoms with E-state index in [2.05, 4.69) is 66.3 Å². The number of halogens is 2. The van der Waals surface area contributed by atoms with Crippen molar-refractivity contribution in [3.05, 3.63) is 69.4 Å². The molecule has 0 fully saturated rings. The predicted molar refractivity (Wildman–Crippen MR) is 85.2 cm³/mol. The smallest absolute Gasteiger partial charge is 0.137 e. The molecule has 1 N–H and O–H groups in total. The highest BCUT2D eigenvalue weighted by Crippen LogP contribution is 2.24. The molecule has 20 heavy (non-hydrogen) atoms. The Morgan fingerprint density at radius 3 is 2.25 bits per heavy atom. The van der Waals surface area contributed by atoms with Gasteiger partial charge in [0, 0.05) is 12.1 Å².